The summed E-state index contributed by atoms with van der Waals surface area (Å²) in [5, 5.41) is 3.31. The van der Waals surface area contributed by atoms with Crippen LogP contribution in [0.3, 0.4) is 0 Å². The van der Waals surface area contributed by atoms with Gasteiger partial charge in [0.25, 0.3) is 0 Å². The first-order valence-electron chi connectivity index (χ1n) is 7.69. The molecule has 1 aromatic rings. The molecule has 1 fully saturated rings. The predicted molar refractivity (Wildman–Crippen MR) is 84.4 cm³/mol. The first kappa shape index (κ1) is 14.8. The Bertz CT molecular complexity index is 615. The highest BCUT2D eigenvalue weighted by atomic mass is 32.2. The number of anilines is 1. The van der Waals surface area contributed by atoms with Gasteiger partial charge >= 0.3 is 10.2 Å². The van der Waals surface area contributed by atoms with Crippen molar-refractivity contribution in [3.05, 3.63) is 29.3 Å². The van der Waals surface area contributed by atoms with Crippen LogP contribution < -0.4 is 10.0 Å². The van der Waals surface area contributed by atoms with E-state index in [1.807, 2.05) is 19.1 Å². The third kappa shape index (κ3) is 3.07. The number of nitrogens with one attached hydrogen (secondary N) is 2. The molecule has 0 amide bonds. The van der Waals surface area contributed by atoms with Gasteiger partial charge in [-0.1, -0.05) is 18.6 Å². The molecule has 116 valence electrons. The van der Waals surface area contributed by atoms with Gasteiger partial charge in [-0.15, -0.1) is 0 Å². The Hall–Kier alpha value is -1.11. The highest BCUT2D eigenvalue weighted by Gasteiger charge is 2.30. The Morgan fingerprint density at radius 1 is 1.33 bits per heavy atom. The van der Waals surface area contributed by atoms with E-state index < -0.39 is 10.2 Å². The molecular weight excluding hydrogens is 286 g/mol. The molecule has 2 aliphatic heterocycles. The van der Waals surface area contributed by atoms with Crippen molar-refractivity contribution in [3.8, 4) is 0 Å². The van der Waals surface area contributed by atoms with Crippen molar-refractivity contribution in [2.24, 2.45) is 0 Å². The molecule has 0 spiro atoms. The van der Waals surface area contributed by atoms with Gasteiger partial charge in [0.2, 0.25) is 0 Å². The fraction of sp³-hybridized carbons (Fsp3) is 0.600. The third-order valence-corrected chi connectivity index (χ3v) is 6.07. The minimum Gasteiger partial charge on any atom is -0.312 e. The van der Waals surface area contributed by atoms with Crippen LogP contribution in [-0.4, -0.2) is 31.9 Å². The molecule has 1 aromatic carbocycles. The van der Waals surface area contributed by atoms with E-state index in [9.17, 15) is 8.42 Å². The van der Waals surface area contributed by atoms with Gasteiger partial charge in [0.1, 0.15) is 0 Å². The van der Waals surface area contributed by atoms with Gasteiger partial charge in [0.15, 0.2) is 0 Å². The van der Waals surface area contributed by atoms with Gasteiger partial charge in [-0.2, -0.15) is 12.7 Å². The molecule has 6 heteroatoms. The standard InChI is InChI=1S/C15H23N3O2S/c1-12-5-2-3-10-18(12)21(19,20)17-15-7-4-6-13-8-9-16-11-14(13)15/h4,6-7,12,16-17H,2-3,5,8-11H2,1H3. The van der Waals surface area contributed by atoms with E-state index in [4.69, 9.17) is 0 Å². The maximum absolute atomic E-state index is 12.6. The van der Waals surface area contributed by atoms with Crippen molar-refractivity contribution in [1.82, 2.24) is 9.62 Å². The number of benzene rings is 1. The van der Waals surface area contributed by atoms with Gasteiger partial charge < -0.3 is 5.32 Å². The largest absolute Gasteiger partial charge is 0.312 e. The fourth-order valence-electron chi connectivity index (χ4n) is 3.24. The van der Waals surface area contributed by atoms with Crippen LogP contribution in [0.1, 0.15) is 37.3 Å². The second-order valence-corrected chi connectivity index (χ2v) is 7.56. The smallest absolute Gasteiger partial charge is 0.301 e. The van der Waals surface area contributed by atoms with Crippen LogP contribution >= 0.6 is 0 Å². The first-order valence-corrected chi connectivity index (χ1v) is 9.13. The zero-order valence-corrected chi connectivity index (χ0v) is 13.2. The summed E-state index contributed by atoms with van der Waals surface area (Å²) in [4.78, 5) is 0. The summed E-state index contributed by atoms with van der Waals surface area (Å²) >= 11 is 0. The predicted octanol–water partition coefficient (Wildman–Crippen LogP) is 1.86. The lowest BCUT2D eigenvalue weighted by Gasteiger charge is -2.33. The molecule has 0 aromatic heterocycles. The maximum atomic E-state index is 12.6. The Morgan fingerprint density at radius 2 is 2.19 bits per heavy atom. The number of nitrogens with zero attached hydrogens (tertiary/aromatic N) is 1. The van der Waals surface area contributed by atoms with Crippen LogP contribution in [0.4, 0.5) is 5.69 Å². The summed E-state index contributed by atoms with van der Waals surface area (Å²) < 4.78 is 29.7. The average molecular weight is 309 g/mol. The summed E-state index contributed by atoms with van der Waals surface area (Å²) in [6, 6.07) is 5.95. The minimum absolute atomic E-state index is 0.0777. The molecule has 0 saturated carbocycles. The van der Waals surface area contributed by atoms with Crippen LogP contribution in [0, 0.1) is 0 Å². The molecule has 21 heavy (non-hydrogen) atoms. The Balaban J connectivity index is 1.85. The SMILES string of the molecule is CC1CCCCN1S(=O)(=O)Nc1cccc2c1CNCC2. The molecule has 2 heterocycles. The van der Waals surface area contributed by atoms with E-state index in [1.165, 1.54) is 5.56 Å². The van der Waals surface area contributed by atoms with Crippen molar-refractivity contribution in [2.75, 3.05) is 17.8 Å². The van der Waals surface area contributed by atoms with Crippen LogP contribution in [0.15, 0.2) is 18.2 Å². The molecule has 0 radical (unpaired) electrons. The molecule has 5 nitrogen and oxygen atoms in total. The van der Waals surface area contributed by atoms with Gasteiger partial charge in [-0.05, 0) is 49.9 Å². The number of hydrogen-bond acceptors (Lipinski definition) is 3. The number of rotatable bonds is 3. The van der Waals surface area contributed by atoms with E-state index in [-0.39, 0.29) is 6.04 Å². The van der Waals surface area contributed by atoms with Crippen molar-refractivity contribution in [1.29, 1.82) is 0 Å². The van der Waals surface area contributed by atoms with Gasteiger partial charge in [0.05, 0.1) is 5.69 Å². The quantitative estimate of drug-likeness (QED) is 0.896. The highest BCUT2D eigenvalue weighted by Crippen LogP contribution is 2.26. The lowest BCUT2D eigenvalue weighted by molar-refractivity contribution is 0.270. The molecule has 0 aliphatic carbocycles. The van der Waals surface area contributed by atoms with Crippen molar-refractivity contribution >= 4 is 15.9 Å². The van der Waals surface area contributed by atoms with Crippen molar-refractivity contribution in [2.45, 2.75) is 45.2 Å². The van der Waals surface area contributed by atoms with E-state index in [2.05, 4.69) is 16.1 Å². The summed E-state index contributed by atoms with van der Waals surface area (Å²) in [6.07, 6.45) is 3.94. The van der Waals surface area contributed by atoms with Gasteiger partial charge in [-0.25, -0.2) is 0 Å². The Labute approximate surface area is 126 Å². The minimum atomic E-state index is -3.46. The molecule has 3 rings (SSSR count). The molecule has 1 unspecified atom stereocenters. The van der Waals surface area contributed by atoms with Gasteiger partial charge in [-0.3, -0.25) is 4.72 Å². The molecule has 2 aliphatic rings. The van der Waals surface area contributed by atoms with Crippen LogP contribution in [0.25, 0.3) is 0 Å². The van der Waals surface area contributed by atoms with Crippen molar-refractivity contribution < 1.29 is 8.42 Å². The third-order valence-electron chi connectivity index (χ3n) is 4.44. The second kappa shape index (κ2) is 5.94. The number of hydrogen-bond donors (Lipinski definition) is 2. The first-order chi connectivity index (χ1) is 10.1. The summed E-state index contributed by atoms with van der Waals surface area (Å²) in [5.41, 5.74) is 3.04. The summed E-state index contributed by atoms with van der Waals surface area (Å²) in [7, 11) is -3.46. The van der Waals surface area contributed by atoms with E-state index in [1.54, 1.807) is 4.31 Å². The summed E-state index contributed by atoms with van der Waals surface area (Å²) in [5.74, 6) is 0. The van der Waals surface area contributed by atoms with E-state index in [0.717, 1.165) is 50.0 Å². The lowest BCUT2D eigenvalue weighted by Crippen LogP contribution is -2.45. The average Bonchev–Trinajstić information content (AvgIpc) is 2.47. The lowest BCUT2D eigenvalue weighted by atomic mass is 10.00. The molecule has 0 bridgehead atoms. The zero-order chi connectivity index (χ0) is 14.9. The van der Waals surface area contributed by atoms with Crippen LogP contribution in [0.2, 0.25) is 0 Å². The Kier molecular flexibility index (Phi) is 4.19. The molecule has 1 saturated heterocycles. The van der Waals surface area contributed by atoms with Crippen LogP contribution in [-0.2, 0) is 23.2 Å². The van der Waals surface area contributed by atoms with Gasteiger partial charge in [0, 0.05) is 19.1 Å². The topological polar surface area (TPSA) is 61.4 Å². The fourth-order valence-corrected chi connectivity index (χ4v) is 4.77. The Morgan fingerprint density at radius 3 is 3.00 bits per heavy atom. The normalized spacial score (nSPS) is 23.6. The second-order valence-electron chi connectivity index (χ2n) is 5.93. The number of fused-ring (bicyclic) bond motifs is 1. The molecule has 2 N–H and O–H groups in total. The maximum Gasteiger partial charge on any atom is 0.301 e. The monoisotopic (exact) mass is 309 g/mol. The number of piperidine rings is 1. The van der Waals surface area contributed by atoms with E-state index in [0.29, 0.717) is 6.54 Å². The summed E-state index contributed by atoms with van der Waals surface area (Å²) in [6.45, 7) is 4.28. The zero-order valence-electron chi connectivity index (χ0n) is 12.4. The highest BCUT2D eigenvalue weighted by molar-refractivity contribution is 7.90. The van der Waals surface area contributed by atoms with Crippen LogP contribution in [0.5, 0.6) is 0 Å². The van der Waals surface area contributed by atoms with E-state index >= 15 is 0 Å². The molecular formula is C15H23N3O2S. The van der Waals surface area contributed by atoms with Crippen molar-refractivity contribution in [3.63, 3.8) is 0 Å². The molecule has 1 atom stereocenters.